The van der Waals surface area contributed by atoms with Crippen molar-refractivity contribution in [2.45, 2.75) is 174 Å². The Morgan fingerprint density at radius 2 is 1.09 bits per heavy atom. The molecule has 0 aromatic heterocycles. The van der Waals surface area contributed by atoms with Gasteiger partial charge in [-0.05, 0) is 19.3 Å². The summed E-state index contributed by atoms with van der Waals surface area (Å²) in [5, 5.41) is 0. The predicted molar refractivity (Wildman–Crippen MR) is 179 cm³/mol. The zero-order chi connectivity index (χ0) is 32.6. The Hall–Kier alpha value is -1.47. The van der Waals surface area contributed by atoms with Gasteiger partial charge in [-0.1, -0.05) is 160 Å². The van der Waals surface area contributed by atoms with Crippen LogP contribution in [-0.2, 0) is 28.2 Å². The van der Waals surface area contributed by atoms with E-state index >= 15 is 0 Å². The summed E-state index contributed by atoms with van der Waals surface area (Å²) in [7, 11) is -4.77. The molecule has 0 aliphatic heterocycles. The van der Waals surface area contributed by atoms with Crippen LogP contribution in [0.15, 0.2) is 24.3 Å². The average Bonchev–Trinajstić information content (AvgIpc) is 2.98. The number of phosphoric acid groups is 1. The molecule has 0 aliphatic carbocycles. The van der Waals surface area contributed by atoms with E-state index in [1.165, 1.54) is 122 Å². The zero-order valence-corrected chi connectivity index (χ0v) is 29.0. The minimum absolute atomic E-state index is 0.251. The molecule has 0 aromatic rings. The third-order valence-electron chi connectivity index (χ3n) is 7.58. The zero-order valence-electron chi connectivity index (χ0n) is 28.1. The second kappa shape index (κ2) is 31.5. The Bertz CT molecular complexity index is 777. The molecule has 0 saturated heterocycles. The highest BCUT2D eigenvalue weighted by Crippen LogP contribution is 2.35. The third kappa shape index (κ3) is 33.4. The monoisotopic (exact) mass is 644 g/mol. The van der Waals surface area contributed by atoms with Gasteiger partial charge in [-0.15, -0.1) is 0 Å². The minimum atomic E-state index is -4.77. The van der Waals surface area contributed by atoms with Crippen LogP contribution in [0.5, 0.6) is 0 Å². The van der Waals surface area contributed by atoms with E-state index in [0.717, 1.165) is 25.7 Å². The predicted octanol–water partition coefficient (Wildman–Crippen LogP) is 10.1. The lowest BCUT2D eigenvalue weighted by atomic mass is 10.1. The van der Waals surface area contributed by atoms with Gasteiger partial charge in [0.15, 0.2) is 6.10 Å². The van der Waals surface area contributed by atoms with Crippen molar-refractivity contribution in [3.63, 3.8) is 0 Å². The Kier molecular flexibility index (Phi) is 30.5. The number of unbranched alkanes of at least 4 members (excludes halogenated alkanes) is 21. The lowest BCUT2D eigenvalue weighted by Gasteiger charge is -2.17. The molecule has 2 N–H and O–H groups in total. The maximum Gasteiger partial charge on any atom is 0.469 e. The number of carbonyl (C=O) groups is 2. The van der Waals surface area contributed by atoms with Crippen LogP contribution in [0.3, 0.4) is 0 Å². The maximum absolute atomic E-state index is 12.2. The molecule has 0 spiro atoms. The van der Waals surface area contributed by atoms with E-state index in [2.05, 4.69) is 18.4 Å². The van der Waals surface area contributed by atoms with Crippen molar-refractivity contribution in [1.29, 1.82) is 0 Å². The van der Waals surface area contributed by atoms with Gasteiger partial charge in [0.2, 0.25) is 0 Å². The largest absolute Gasteiger partial charge is 0.469 e. The first-order valence-corrected chi connectivity index (χ1v) is 19.2. The first-order valence-electron chi connectivity index (χ1n) is 17.7. The van der Waals surface area contributed by atoms with Crippen molar-refractivity contribution >= 4 is 19.8 Å². The summed E-state index contributed by atoms with van der Waals surface area (Å²) >= 11 is 0. The Labute approximate surface area is 269 Å². The Morgan fingerprint density at radius 3 is 1.57 bits per heavy atom. The number of hydrogen-bond donors (Lipinski definition) is 2. The molecular weight excluding hydrogens is 579 g/mol. The molecule has 1 atom stereocenters. The third-order valence-corrected chi connectivity index (χ3v) is 8.07. The fourth-order valence-corrected chi connectivity index (χ4v) is 5.29. The van der Waals surface area contributed by atoms with Gasteiger partial charge in [0.05, 0.1) is 6.61 Å². The van der Waals surface area contributed by atoms with E-state index in [9.17, 15) is 14.2 Å². The quantitative estimate of drug-likeness (QED) is 0.0244. The molecule has 0 fully saturated rings. The number of hydrogen-bond acceptors (Lipinski definition) is 6. The van der Waals surface area contributed by atoms with Crippen LogP contribution < -0.4 is 0 Å². The molecule has 0 aliphatic rings. The number of allylic oxidation sites excluding steroid dienone is 3. The molecule has 0 saturated carbocycles. The first-order chi connectivity index (χ1) is 21.3. The number of phosphoric ester groups is 1. The number of esters is 2. The second-order valence-corrected chi connectivity index (χ2v) is 13.2. The molecule has 0 radical (unpaired) electrons. The average molecular weight is 645 g/mol. The molecule has 258 valence electrons. The van der Waals surface area contributed by atoms with Crippen LogP contribution in [0, 0.1) is 0 Å². The number of carbonyl (C=O) groups excluding carboxylic acids is 2. The van der Waals surface area contributed by atoms with Crippen molar-refractivity contribution in [3.8, 4) is 0 Å². The van der Waals surface area contributed by atoms with E-state index in [-0.39, 0.29) is 13.0 Å². The van der Waals surface area contributed by atoms with Crippen molar-refractivity contribution in [2.24, 2.45) is 0 Å². The summed E-state index contributed by atoms with van der Waals surface area (Å²) in [5.41, 5.74) is 0. The second-order valence-electron chi connectivity index (χ2n) is 11.9. The van der Waals surface area contributed by atoms with Gasteiger partial charge in [-0.3, -0.25) is 9.32 Å². The van der Waals surface area contributed by atoms with Gasteiger partial charge in [0, 0.05) is 12.5 Å². The number of ether oxygens (including phenoxy) is 2. The van der Waals surface area contributed by atoms with Crippen LogP contribution in [0.25, 0.3) is 0 Å². The summed E-state index contributed by atoms with van der Waals surface area (Å²) in [4.78, 5) is 42.4. The van der Waals surface area contributed by atoms with Gasteiger partial charge in [0.25, 0.3) is 0 Å². The number of rotatable bonds is 32. The standard InChI is InChI=1S/C35H65O8P/c1-3-5-7-9-11-13-15-16-17-18-20-22-24-26-28-30-35(37)43-33(32-42-44(38,39)40)31-41-34(36)29-27-25-23-21-19-14-12-10-8-6-4-2/h24,26,28,30,33H,3-23,25,27,29,31-32H2,1-2H3,(H2,38,39,40)/b26-24+,30-28+/t33-/m1/s1. The SMILES string of the molecule is CCCCCCCCCCCCC/C=C/C=C/C(=O)O[C@H](COC(=O)CCCCCCCCCCCCC)COP(=O)(O)O. The molecule has 8 nitrogen and oxygen atoms in total. The highest BCUT2D eigenvalue weighted by atomic mass is 31.2. The normalized spacial score (nSPS) is 12.7. The highest BCUT2D eigenvalue weighted by molar-refractivity contribution is 7.46. The van der Waals surface area contributed by atoms with E-state index < -0.39 is 32.5 Å². The molecule has 0 unspecified atom stereocenters. The van der Waals surface area contributed by atoms with Crippen LogP contribution in [0.1, 0.15) is 168 Å². The highest BCUT2D eigenvalue weighted by Gasteiger charge is 2.22. The summed E-state index contributed by atoms with van der Waals surface area (Å²) in [6, 6.07) is 0. The van der Waals surface area contributed by atoms with Crippen molar-refractivity contribution in [3.05, 3.63) is 24.3 Å². The Morgan fingerprint density at radius 1 is 0.636 bits per heavy atom. The molecule has 44 heavy (non-hydrogen) atoms. The molecule has 0 aromatic carbocycles. The molecular formula is C35H65O8P. The van der Waals surface area contributed by atoms with Crippen LogP contribution >= 0.6 is 7.82 Å². The van der Waals surface area contributed by atoms with Gasteiger partial charge >= 0.3 is 19.8 Å². The van der Waals surface area contributed by atoms with Gasteiger partial charge in [0.1, 0.15) is 6.61 Å². The van der Waals surface area contributed by atoms with Gasteiger partial charge < -0.3 is 19.3 Å². The summed E-state index contributed by atoms with van der Waals surface area (Å²) < 4.78 is 26.0. The summed E-state index contributed by atoms with van der Waals surface area (Å²) in [6.07, 6.45) is 33.9. The van der Waals surface area contributed by atoms with E-state index in [4.69, 9.17) is 19.3 Å². The van der Waals surface area contributed by atoms with Crippen LogP contribution in [-0.4, -0.2) is 41.0 Å². The van der Waals surface area contributed by atoms with Crippen molar-refractivity contribution in [1.82, 2.24) is 0 Å². The Balaban J connectivity index is 4.10. The minimum Gasteiger partial charge on any atom is -0.462 e. The maximum atomic E-state index is 12.2. The fraction of sp³-hybridized carbons (Fsp3) is 0.829. The van der Waals surface area contributed by atoms with Crippen molar-refractivity contribution in [2.75, 3.05) is 13.2 Å². The van der Waals surface area contributed by atoms with Crippen LogP contribution in [0.2, 0.25) is 0 Å². The van der Waals surface area contributed by atoms with Gasteiger partial charge in [-0.25, -0.2) is 9.36 Å². The molecule has 0 bridgehead atoms. The van der Waals surface area contributed by atoms with E-state index in [1.807, 2.05) is 6.08 Å². The molecule has 0 heterocycles. The lowest BCUT2D eigenvalue weighted by Crippen LogP contribution is -2.29. The van der Waals surface area contributed by atoms with Crippen molar-refractivity contribution < 1.29 is 37.9 Å². The smallest absolute Gasteiger partial charge is 0.462 e. The molecule has 0 rings (SSSR count). The van der Waals surface area contributed by atoms with E-state index in [0.29, 0.717) is 6.42 Å². The fourth-order valence-electron chi connectivity index (χ4n) is 4.93. The summed E-state index contributed by atoms with van der Waals surface area (Å²) in [5.74, 6) is -1.14. The van der Waals surface area contributed by atoms with Crippen LogP contribution in [0.4, 0.5) is 0 Å². The topological polar surface area (TPSA) is 119 Å². The van der Waals surface area contributed by atoms with E-state index in [1.54, 1.807) is 12.2 Å². The summed E-state index contributed by atoms with van der Waals surface area (Å²) in [6.45, 7) is 3.56. The molecule has 0 amide bonds. The first kappa shape index (κ1) is 42.5. The lowest BCUT2D eigenvalue weighted by molar-refractivity contribution is -0.157. The van der Waals surface area contributed by atoms with Gasteiger partial charge in [-0.2, -0.15) is 0 Å². The molecule has 9 heteroatoms.